The molecule has 2 aromatic rings. The molecule has 3 rings (SSSR count). The Kier molecular flexibility index (Phi) is 10.9. The van der Waals surface area contributed by atoms with E-state index in [4.69, 9.17) is 4.74 Å². The maximum absolute atomic E-state index is 12.3. The Labute approximate surface area is 207 Å². The van der Waals surface area contributed by atoms with Crippen molar-refractivity contribution in [3.8, 4) is 11.1 Å². The van der Waals surface area contributed by atoms with Gasteiger partial charge in [-0.15, -0.1) is 0 Å². The minimum Gasteiger partial charge on any atom is -0.465 e. The molecule has 0 radical (unpaired) electrons. The summed E-state index contributed by atoms with van der Waals surface area (Å²) in [6, 6.07) is 16.4. The molecule has 0 spiro atoms. The van der Waals surface area contributed by atoms with Gasteiger partial charge in [-0.05, 0) is 35.1 Å². The summed E-state index contributed by atoms with van der Waals surface area (Å²) in [4.78, 5) is 24.2. The van der Waals surface area contributed by atoms with Crippen LogP contribution in [0.15, 0.2) is 60.7 Å². The second kappa shape index (κ2) is 14.1. The zero-order valence-electron chi connectivity index (χ0n) is 20.1. The lowest BCUT2D eigenvalue weighted by atomic mass is 9.98. The van der Waals surface area contributed by atoms with Crippen LogP contribution in [0, 0.1) is 0 Å². The van der Waals surface area contributed by atoms with E-state index in [1.54, 1.807) is 6.08 Å². The molecule has 34 heavy (non-hydrogen) atoms. The molecule has 1 atom stereocenters. The predicted molar refractivity (Wildman–Crippen MR) is 140 cm³/mol. The maximum Gasteiger partial charge on any atom is 0.308 e. The molecule has 0 heterocycles. The largest absolute Gasteiger partial charge is 0.465 e. The number of esters is 1. The van der Waals surface area contributed by atoms with Crippen molar-refractivity contribution in [1.82, 2.24) is 0 Å². The molecule has 0 aromatic heterocycles. The SMILES string of the molecule is CCCCCCCC(=O)SCC/C=C/[C@@H](O)CC(=O)OCC1c2ccccc2-c2ccccc21. The monoisotopic (exact) mass is 480 g/mol. The summed E-state index contributed by atoms with van der Waals surface area (Å²) in [6.45, 7) is 2.45. The molecule has 0 amide bonds. The van der Waals surface area contributed by atoms with Crippen LogP contribution < -0.4 is 0 Å². The van der Waals surface area contributed by atoms with Crippen molar-refractivity contribution in [2.45, 2.75) is 70.3 Å². The van der Waals surface area contributed by atoms with Gasteiger partial charge in [0.2, 0.25) is 0 Å². The van der Waals surface area contributed by atoms with Gasteiger partial charge in [0.05, 0.1) is 12.5 Å². The number of aliphatic hydroxyl groups is 1. The second-order valence-electron chi connectivity index (χ2n) is 8.78. The number of thioether (sulfide) groups is 1. The van der Waals surface area contributed by atoms with Crippen LogP contribution in [0.1, 0.15) is 75.3 Å². The second-order valence-corrected chi connectivity index (χ2v) is 9.94. The Morgan fingerprint density at radius 1 is 1.00 bits per heavy atom. The molecule has 5 heteroatoms. The Bertz CT molecular complexity index is 923. The highest BCUT2D eigenvalue weighted by molar-refractivity contribution is 8.13. The molecule has 0 saturated carbocycles. The van der Waals surface area contributed by atoms with E-state index in [1.165, 1.54) is 53.3 Å². The van der Waals surface area contributed by atoms with Gasteiger partial charge in [-0.2, -0.15) is 0 Å². The quantitative estimate of drug-likeness (QED) is 0.186. The number of hydrogen-bond donors (Lipinski definition) is 1. The lowest BCUT2D eigenvalue weighted by molar-refractivity contribution is -0.145. The minimum atomic E-state index is -0.880. The van der Waals surface area contributed by atoms with E-state index in [1.807, 2.05) is 30.3 Å². The summed E-state index contributed by atoms with van der Waals surface area (Å²) in [5.41, 5.74) is 4.72. The van der Waals surface area contributed by atoms with Gasteiger partial charge in [0.15, 0.2) is 5.12 Å². The van der Waals surface area contributed by atoms with Crippen LogP contribution in [0.25, 0.3) is 11.1 Å². The number of hydrogen-bond acceptors (Lipinski definition) is 5. The average Bonchev–Trinajstić information content (AvgIpc) is 3.16. The standard InChI is InChI=1S/C29H36O4S/c1-2-3-4-5-6-18-29(32)34-19-12-11-13-22(30)20-28(31)33-21-27-25-16-9-7-14-23(25)24-15-8-10-17-26(24)27/h7-11,13-17,22,27,30H,2-6,12,18-21H2,1H3/b13-11+/t22-/m1/s1. The molecule has 0 fully saturated rings. The molecule has 4 nitrogen and oxygen atoms in total. The number of rotatable bonds is 14. The van der Waals surface area contributed by atoms with Crippen molar-refractivity contribution >= 4 is 22.8 Å². The fourth-order valence-electron chi connectivity index (χ4n) is 4.35. The van der Waals surface area contributed by atoms with Crippen LogP contribution in [0.4, 0.5) is 0 Å². The van der Waals surface area contributed by atoms with Crippen molar-refractivity contribution in [3.63, 3.8) is 0 Å². The molecule has 1 aliphatic rings. The minimum absolute atomic E-state index is 0.0187. The zero-order valence-corrected chi connectivity index (χ0v) is 20.9. The lowest BCUT2D eigenvalue weighted by Crippen LogP contribution is -2.17. The molecule has 0 saturated heterocycles. The van der Waals surface area contributed by atoms with E-state index in [0.717, 1.165) is 12.8 Å². The highest BCUT2D eigenvalue weighted by atomic mass is 32.2. The summed E-state index contributed by atoms with van der Waals surface area (Å²) in [5.74, 6) is 0.305. The third-order valence-corrected chi connectivity index (χ3v) is 7.11. The van der Waals surface area contributed by atoms with Gasteiger partial charge in [0, 0.05) is 18.1 Å². The Balaban J connectivity index is 1.34. The normalized spacial score (nSPS) is 13.6. The van der Waals surface area contributed by atoms with Gasteiger partial charge in [0.25, 0.3) is 0 Å². The number of fused-ring (bicyclic) bond motifs is 3. The fraction of sp³-hybridized carbons (Fsp3) is 0.448. The van der Waals surface area contributed by atoms with Crippen molar-refractivity contribution in [2.75, 3.05) is 12.4 Å². The summed E-state index contributed by atoms with van der Waals surface area (Å²) in [7, 11) is 0. The molecule has 0 bridgehead atoms. The van der Waals surface area contributed by atoms with E-state index >= 15 is 0 Å². The first-order valence-electron chi connectivity index (χ1n) is 12.4. The fourth-order valence-corrected chi connectivity index (χ4v) is 5.12. The van der Waals surface area contributed by atoms with Crippen LogP contribution in [0.3, 0.4) is 0 Å². The maximum atomic E-state index is 12.3. The topological polar surface area (TPSA) is 63.6 Å². The van der Waals surface area contributed by atoms with Gasteiger partial charge >= 0.3 is 5.97 Å². The first kappa shape index (κ1) is 26.2. The summed E-state index contributed by atoms with van der Waals surface area (Å²) in [6.07, 6.45) is 9.59. The third kappa shape index (κ3) is 7.85. The van der Waals surface area contributed by atoms with Crippen molar-refractivity contribution in [1.29, 1.82) is 0 Å². The molecule has 1 aliphatic carbocycles. The van der Waals surface area contributed by atoms with E-state index in [-0.39, 0.29) is 24.1 Å². The molecular formula is C29H36O4S. The number of allylic oxidation sites excluding steroid dienone is 1. The number of ether oxygens (including phenoxy) is 1. The molecule has 0 aliphatic heterocycles. The van der Waals surface area contributed by atoms with Crippen molar-refractivity contribution < 1.29 is 19.4 Å². The third-order valence-electron chi connectivity index (χ3n) is 6.14. The van der Waals surface area contributed by atoms with Gasteiger partial charge in [-0.3, -0.25) is 9.59 Å². The van der Waals surface area contributed by atoms with Crippen LogP contribution >= 0.6 is 11.8 Å². The number of benzene rings is 2. The number of carbonyl (C=O) groups is 2. The van der Waals surface area contributed by atoms with Gasteiger partial charge in [0.1, 0.15) is 6.61 Å². The van der Waals surface area contributed by atoms with E-state index < -0.39 is 12.1 Å². The molecule has 2 aromatic carbocycles. The van der Waals surface area contributed by atoms with Gasteiger partial charge in [-0.1, -0.05) is 105 Å². The van der Waals surface area contributed by atoms with E-state index in [9.17, 15) is 14.7 Å². The zero-order chi connectivity index (χ0) is 24.2. The van der Waals surface area contributed by atoms with Gasteiger partial charge < -0.3 is 9.84 Å². The van der Waals surface area contributed by atoms with Crippen molar-refractivity contribution in [2.24, 2.45) is 0 Å². The molecule has 0 unspecified atom stereocenters. The van der Waals surface area contributed by atoms with Crippen molar-refractivity contribution in [3.05, 3.63) is 71.8 Å². The average molecular weight is 481 g/mol. The van der Waals surface area contributed by atoms with Crippen LogP contribution in [0.2, 0.25) is 0 Å². The number of aliphatic hydroxyl groups excluding tert-OH is 1. The Hall–Kier alpha value is -2.37. The highest BCUT2D eigenvalue weighted by Crippen LogP contribution is 2.44. The summed E-state index contributed by atoms with van der Waals surface area (Å²) < 4.78 is 5.55. The molecule has 182 valence electrons. The van der Waals surface area contributed by atoms with Crippen LogP contribution in [-0.4, -0.2) is 34.7 Å². The molecular weight excluding hydrogens is 444 g/mol. The van der Waals surface area contributed by atoms with Gasteiger partial charge in [-0.25, -0.2) is 0 Å². The number of carbonyl (C=O) groups excluding carboxylic acids is 2. The van der Waals surface area contributed by atoms with Crippen LogP contribution in [0.5, 0.6) is 0 Å². The van der Waals surface area contributed by atoms with Crippen LogP contribution in [-0.2, 0) is 14.3 Å². The summed E-state index contributed by atoms with van der Waals surface area (Å²) >= 11 is 1.35. The first-order valence-corrected chi connectivity index (χ1v) is 13.4. The smallest absolute Gasteiger partial charge is 0.308 e. The Morgan fingerprint density at radius 2 is 1.65 bits per heavy atom. The lowest BCUT2D eigenvalue weighted by Gasteiger charge is -2.14. The Morgan fingerprint density at radius 3 is 2.32 bits per heavy atom. The first-order chi connectivity index (χ1) is 16.6. The van der Waals surface area contributed by atoms with E-state index in [0.29, 0.717) is 18.6 Å². The number of unbranched alkanes of at least 4 members (excludes halogenated alkanes) is 4. The molecule has 1 N–H and O–H groups in total. The highest BCUT2D eigenvalue weighted by Gasteiger charge is 2.29. The predicted octanol–water partition coefficient (Wildman–Crippen LogP) is 6.66. The summed E-state index contributed by atoms with van der Waals surface area (Å²) in [5, 5.41) is 10.4. The van der Waals surface area contributed by atoms with E-state index in [2.05, 4.69) is 31.2 Å².